The second kappa shape index (κ2) is 7.48. The molecule has 0 saturated heterocycles. The molecule has 0 bridgehead atoms. The van der Waals surface area contributed by atoms with E-state index in [2.05, 4.69) is 21.2 Å². The van der Waals surface area contributed by atoms with Gasteiger partial charge < -0.3 is 11.1 Å². The first-order chi connectivity index (χ1) is 8.52. The quantitative estimate of drug-likeness (QED) is 0.845. The van der Waals surface area contributed by atoms with Crippen LogP contribution in [0.3, 0.4) is 0 Å². The lowest BCUT2D eigenvalue weighted by atomic mass is 10.1. The van der Waals surface area contributed by atoms with Crippen LogP contribution in [-0.4, -0.2) is 19.0 Å². The average molecular weight is 317 g/mol. The molecule has 1 unspecified atom stereocenters. The normalized spacial score (nSPS) is 12.2. The van der Waals surface area contributed by atoms with Crippen LogP contribution in [0.4, 0.5) is 4.39 Å². The van der Waals surface area contributed by atoms with Gasteiger partial charge in [-0.15, -0.1) is 0 Å². The van der Waals surface area contributed by atoms with Crippen LogP contribution in [0.5, 0.6) is 0 Å². The summed E-state index contributed by atoms with van der Waals surface area (Å²) in [5.74, 6) is -0.112. The Labute approximate surface area is 115 Å². The van der Waals surface area contributed by atoms with E-state index in [0.29, 0.717) is 31.5 Å². The summed E-state index contributed by atoms with van der Waals surface area (Å²) in [4.78, 5) is 11.5. The summed E-state index contributed by atoms with van der Waals surface area (Å²) in [5, 5.41) is 2.77. The van der Waals surface area contributed by atoms with Crippen LogP contribution < -0.4 is 11.1 Å². The predicted molar refractivity (Wildman–Crippen MR) is 73.6 cm³/mol. The fraction of sp³-hybridized carbons (Fsp3) is 0.462. The van der Waals surface area contributed by atoms with Crippen LogP contribution in [-0.2, 0) is 11.2 Å². The summed E-state index contributed by atoms with van der Waals surface area (Å²) in [6.45, 7) is 2.85. The third-order valence-corrected chi connectivity index (χ3v) is 3.15. The van der Waals surface area contributed by atoms with E-state index in [0.717, 1.165) is 4.47 Å². The fourth-order valence-corrected chi connectivity index (χ4v) is 1.95. The van der Waals surface area contributed by atoms with E-state index in [4.69, 9.17) is 5.73 Å². The van der Waals surface area contributed by atoms with Gasteiger partial charge in [0.1, 0.15) is 5.82 Å². The molecule has 3 N–H and O–H groups in total. The van der Waals surface area contributed by atoms with Crippen molar-refractivity contribution in [2.75, 3.05) is 13.1 Å². The Balaban J connectivity index is 2.37. The van der Waals surface area contributed by atoms with Crippen LogP contribution in [0.2, 0.25) is 0 Å². The third-order valence-electron chi connectivity index (χ3n) is 2.66. The summed E-state index contributed by atoms with van der Waals surface area (Å²) < 4.78 is 14.2. The molecule has 1 atom stereocenters. The molecule has 0 aliphatic rings. The molecule has 0 spiro atoms. The number of carbonyl (C=O) groups excluding carboxylic acids is 1. The maximum atomic E-state index is 13.4. The number of hydrogen-bond acceptors (Lipinski definition) is 2. The minimum absolute atomic E-state index is 0.0386. The van der Waals surface area contributed by atoms with E-state index in [9.17, 15) is 9.18 Å². The number of nitrogens with two attached hydrogens (primary N) is 1. The summed E-state index contributed by atoms with van der Waals surface area (Å²) >= 11 is 3.29. The average Bonchev–Trinajstić information content (AvgIpc) is 2.33. The van der Waals surface area contributed by atoms with Gasteiger partial charge in [0.15, 0.2) is 0 Å². The highest BCUT2D eigenvalue weighted by atomic mass is 79.9. The summed E-state index contributed by atoms with van der Waals surface area (Å²) in [6, 6.07) is 4.79. The van der Waals surface area contributed by atoms with Gasteiger partial charge >= 0.3 is 0 Å². The van der Waals surface area contributed by atoms with Crippen molar-refractivity contribution in [1.29, 1.82) is 0 Å². The third kappa shape index (κ3) is 5.14. The number of hydrogen-bond donors (Lipinski definition) is 2. The topological polar surface area (TPSA) is 55.1 Å². The Morgan fingerprint density at radius 3 is 2.94 bits per heavy atom. The Bertz CT molecular complexity index is 412. The zero-order chi connectivity index (χ0) is 13.5. The van der Waals surface area contributed by atoms with Crippen LogP contribution in [0.1, 0.15) is 18.9 Å². The Morgan fingerprint density at radius 2 is 2.28 bits per heavy atom. The summed E-state index contributed by atoms with van der Waals surface area (Å²) in [5.41, 5.74) is 6.04. The number of amides is 1. The molecule has 0 aromatic heterocycles. The second-order valence-corrected chi connectivity index (χ2v) is 5.30. The Morgan fingerprint density at radius 1 is 1.56 bits per heavy atom. The smallest absolute Gasteiger partial charge is 0.220 e. The molecule has 0 fully saturated rings. The molecular formula is C13H18BrFN2O. The molecule has 18 heavy (non-hydrogen) atoms. The first-order valence-electron chi connectivity index (χ1n) is 5.93. The van der Waals surface area contributed by atoms with Crippen LogP contribution >= 0.6 is 15.9 Å². The Hall–Kier alpha value is -0.940. The van der Waals surface area contributed by atoms with Crippen molar-refractivity contribution in [2.45, 2.75) is 19.8 Å². The largest absolute Gasteiger partial charge is 0.356 e. The summed E-state index contributed by atoms with van der Waals surface area (Å²) in [6.07, 6.45) is 0.894. The zero-order valence-electron chi connectivity index (χ0n) is 10.4. The van der Waals surface area contributed by atoms with E-state index in [1.807, 2.05) is 6.92 Å². The van der Waals surface area contributed by atoms with Crippen molar-refractivity contribution in [3.63, 3.8) is 0 Å². The van der Waals surface area contributed by atoms with Crippen molar-refractivity contribution < 1.29 is 9.18 Å². The first kappa shape index (κ1) is 15.1. The van der Waals surface area contributed by atoms with Gasteiger partial charge in [-0.2, -0.15) is 0 Å². The molecular weight excluding hydrogens is 299 g/mol. The lowest BCUT2D eigenvalue weighted by Crippen LogP contribution is -2.28. The first-order valence-corrected chi connectivity index (χ1v) is 6.73. The SMILES string of the molecule is CC(CN)CC(=O)NCCc1cc(Br)ccc1F. The van der Waals surface area contributed by atoms with Gasteiger partial charge in [0, 0.05) is 17.4 Å². The molecule has 3 nitrogen and oxygen atoms in total. The molecule has 0 radical (unpaired) electrons. The molecule has 0 saturated carbocycles. The van der Waals surface area contributed by atoms with E-state index < -0.39 is 0 Å². The highest BCUT2D eigenvalue weighted by molar-refractivity contribution is 9.10. The van der Waals surface area contributed by atoms with Crippen LogP contribution in [0.15, 0.2) is 22.7 Å². The number of nitrogens with one attached hydrogen (secondary N) is 1. The number of carbonyl (C=O) groups is 1. The zero-order valence-corrected chi connectivity index (χ0v) is 12.0. The van der Waals surface area contributed by atoms with Gasteiger partial charge in [-0.25, -0.2) is 4.39 Å². The monoisotopic (exact) mass is 316 g/mol. The van der Waals surface area contributed by atoms with Crippen LogP contribution in [0.25, 0.3) is 0 Å². The van der Waals surface area contributed by atoms with E-state index in [1.54, 1.807) is 12.1 Å². The van der Waals surface area contributed by atoms with Gasteiger partial charge in [0.2, 0.25) is 5.91 Å². The van der Waals surface area contributed by atoms with Crippen LogP contribution in [0, 0.1) is 11.7 Å². The van der Waals surface area contributed by atoms with Crippen molar-refractivity contribution in [1.82, 2.24) is 5.32 Å². The standard InChI is InChI=1S/C13H18BrFN2O/c1-9(8-16)6-13(18)17-5-4-10-7-11(14)2-3-12(10)15/h2-3,7,9H,4-6,8,16H2,1H3,(H,17,18). The van der Waals surface area contributed by atoms with Gasteiger partial charge in [0.05, 0.1) is 0 Å². The molecule has 1 aromatic carbocycles. The molecule has 100 valence electrons. The van der Waals surface area contributed by atoms with Gasteiger partial charge in [-0.3, -0.25) is 4.79 Å². The van der Waals surface area contributed by atoms with Gasteiger partial charge in [-0.1, -0.05) is 22.9 Å². The van der Waals surface area contributed by atoms with E-state index in [1.165, 1.54) is 6.07 Å². The molecule has 0 aliphatic heterocycles. The minimum atomic E-state index is -0.247. The van der Waals surface area contributed by atoms with Crippen molar-refractivity contribution in [3.8, 4) is 0 Å². The lowest BCUT2D eigenvalue weighted by molar-refractivity contribution is -0.121. The predicted octanol–water partition coefficient (Wildman–Crippen LogP) is 2.23. The van der Waals surface area contributed by atoms with E-state index in [-0.39, 0.29) is 17.6 Å². The fourth-order valence-electron chi connectivity index (χ4n) is 1.54. The molecule has 1 amide bonds. The molecule has 1 aromatic rings. The summed E-state index contributed by atoms with van der Waals surface area (Å²) in [7, 11) is 0. The maximum absolute atomic E-state index is 13.4. The number of halogens is 2. The highest BCUT2D eigenvalue weighted by Gasteiger charge is 2.08. The van der Waals surface area contributed by atoms with E-state index >= 15 is 0 Å². The minimum Gasteiger partial charge on any atom is -0.356 e. The van der Waals surface area contributed by atoms with Gasteiger partial charge in [-0.05, 0) is 42.6 Å². The lowest BCUT2D eigenvalue weighted by Gasteiger charge is -2.09. The highest BCUT2D eigenvalue weighted by Crippen LogP contribution is 2.15. The molecule has 5 heteroatoms. The van der Waals surface area contributed by atoms with Crippen molar-refractivity contribution >= 4 is 21.8 Å². The molecule has 0 heterocycles. The Kier molecular flexibility index (Phi) is 6.29. The number of rotatable bonds is 6. The van der Waals surface area contributed by atoms with Crippen molar-refractivity contribution in [2.24, 2.45) is 11.7 Å². The van der Waals surface area contributed by atoms with Crippen molar-refractivity contribution in [3.05, 3.63) is 34.1 Å². The molecule has 1 rings (SSSR count). The second-order valence-electron chi connectivity index (χ2n) is 4.38. The maximum Gasteiger partial charge on any atom is 0.220 e. The molecule has 0 aliphatic carbocycles. The number of benzene rings is 1. The van der Waals surface area contributed by atoms with Gasteiger partial charge in [0.25, 0.3) is 0 Å².